The predicted molar refractivity (Wildman–Crippen MR) is 61.8 cm³/mol. The molecule has 0 saturated heterocycles. The molecule has 0 aliphatic carbocycles. The summed E-state index contributed by atoms with van der Waals surface area (Å²) in [5, 5.41) is 0. The number of sulfone groups is 1. The maximum atomic E-state index is 11.8. The van der Waals surface area contributed by atoms with Crippen LogP contribution in [-0.4, -0.2) is 32.4 Å². The summed E-state index contributed by atoms with van der Waals surface area (Å²) in [7, 11) is -3.36. The van der Waals surface area contributed by atoms with Crippen LogP contribution in [0.2, 0.25) is 0 Å². The van der Waals surface area contributed by atoms with E-state index < -0.39 is 9.84 Å². The summed E-state index contributed by atoms with van der Waals surface area (Å²) in [6, 6.07) is 1.41. The fraction of sp³-hybridized carbons (Fsp3) is 0.500. The van der Waals surface area contributed by atoms with Crippen LogP contribution in [0.4, 0.5) is 5.69 Å². The Morgan fingerprint density at radius 3 is 2.81 bits per heavy atom. The SMILES string of the molecule is CCCOCCS(=O)(=O)c1ccncc1N. The van der Waals surface area contributed by atoms with E-state index >= 15 is 0 Å². The van der Waals surface area contributed by atoms with E-state index in [0.717, 1.165) is 6.42 Å². The molecule has 0 radical (unpaired) electrons. The average Bonchev–Trinajstić information content (AvgIpc) is 2.25. The molecule has 0 aliphatic rings. The number of anilines is 1. The van der Waals surface area contributed by atoms with E-state index in [1.165, 1.54) is 18.5 Å². The van der Waals surface area contributed by atoms with Gasteiger partial charge < -0.3 is 10.5 Å². The van der Waals surface area contributed by atoms with Crippen molar-refractivity contribution in [2.24, 2.45) is 0 Å². The molecule has 16 heavy (non-hydrogen) atoms. The Bertz CT molecular complexity index is 431. The molecule has 1 aromatic rings. The quantitative estimate of drug-likeness (QED) is 0.751. The van der Waals surface area contributed by atoms with E-state index in [4.69, 9.17) is 10.5 Å². The summed E-state index contributed by atoms with van der Waals surface area (Å²) >= 11 is 0. The Morgan fingerprint density at radius 2 is 2.19 bits per heavy atom. The number of hydrogen-bond donors (Lipinski definition) is 1. The first-order chi connectivity index (χ1) is 7.58. The maximum Gasteiger partial charge on any atom is 0.182 e. The fourth-order valence-corrected chi connectivity index (χ4v) is 2.44. The van der Waals surface area contributed by atoms with Crippen LogP contribution in [0.5, 0.6) is 0 Å². The summed E-state index contributed by atoms with van der Waals surface area (Å²) in [5.41, 5.74) is 5.73. The van der Waals surface area contributed by atoms with Gasteiger partial charge in [-0.3, -0.25) is 4.98 Å². The molecule has 0 aliphatic heterocycles. The van der Waals surface area contributed by atoms with Crippen molar-refractivity contribution < 1.29 is 13.2 Å². The summed E-state index contributed by atoms with van der Waals surface area (Å²) < 4.78 is 28.8. The lowest BCUT2D eigenvalue weighted by Crippen LogP contribution is -2.14. The number of pyridine rings is 1. The Kier molecular flexibility index (Phi) is 4.70. The highest BCUT2D eigenvalue weighted by Crippen LogP contribution is 2.17. The van der Waals surface area contributed by atoms with E-state index in [0.29, 0.717) is 6.61 Å². The van der Waals surface area contributed by atoms with Gasteiger partial charge in [-0.2, -0.15) is 0 Å². The molecule has 0 unspecified atom stereocenters. The van der Waals surface area contributed by atoms with Gasteiger partial charge in [0.2, 0.25) is 0 Å². The number of nitrogens with zero attached hydrogens (tertiary/aromatic N) is 1. The average molecular weight is 244 g/mol. The maximum absolute atomic E-state index is 11.8. The molecule has 0 bridgehead atoms. The molecule has 1 rings (SSSR count). The summed E-state index contributed by atoms with van der Waals surface area (Å²) in [6.45, 7) is 2.73. The second-order valence-corrected chi connectivity index (χ2v) is 5.42. The van der Waals surface area contributed by atoms with Crippen molar-refractivity contribution in [1.29, 1.82) is 0 Å². The number of aromatic nitrogens is 1. The molecule has 0 saturated carbocycles. The molecule has 90 valence electrons. The molecule has 1 heterocycles. The van der Waals surface area contributed by atoms with Crippen LogP contribution in [0.15, 0.2) is 23.4 Å². The van der Waals surface area contributed by atoms with Gasteiger partial charge in [0.1, 0.15) is 0 Å². The highest BCUT2D eigenvalue weighted by molar-refractivity contribution is 7.91. The third-order valence-electron chi connectivity index (χ3n) is 1.99. The second kappa shape index (κ2) is 5.81. The summed E-state index contributed by atoms with van der Waals surface area (Å²) in [6.07, 6.45) is 3.62. The van der Waals surface area contributed by atoms with E-state index in [1.54, 1.807) is 0 Å². The van der Waals surface area contributed by atoms with Crippen LogP contribution in [-0.2, 0) is 14.6 Å². The minimum atomic E-state index is -3.36. The second-order valence-electron chi connectivity index (χ2n) is 3.34. The van der Waals surface area contributed by atoms with Crippen LogP contribution in [0.25, 0.3) is 0 Å². The summed E-state index contributed by atoms with van der Waals surface area (Å²) in [4.78, 5) is 3.87. The van der Waals surface area contributed by atoms with Crippen LogP contribution < -0.4 is 5.73 Å². The van der Waals surface area contributed by atoms with E-state index in [1.807, 2.05) is 6.92 Å². The molecular formula is C10H16N2O3S. The Morgan fingerprint density at radius 1 is 1.44 bits per heavy atom. The molecule has 2 N–H and O–H groups in total. The van der Waals surface area contributed by atoms with Crippen molar-refractivity contribution in [1.82, 2.24) is 4.98 Å². The zero-order chi connectivity index (χ0) is 12.0. The normalized spacial score (nSPS) is 11.6. The zero-order valence-corrected chi connectivity index (χ0v) is 10.0. The molecule has 0 spiro atoms. The number of rotatable bonds is 6. The van der Waals surface area contributed by atoms with Gasteiger partial charge in [-0.25, -0.2) is 8.42 Å². The summed E-state index contributed by atoms with van der Waals surface area (Å²) in [5.74, 6) is -0.0544. The first-order valence-corrected chi connectivity index (χ1v) is 6.73. The van der Waals surface area contributed by atoms with Gasteiger partial charge >= 0.3 is 0 Å². The monoisotopic (exact) mass is 244 g/mol. The standard InChI is InChI=1S/C10H16N2O3S/c1-2-5-15-6-7-16(13,14)10-3-4-12-8-9(10)11/h3-4,8H,2,5-7,11H2,1H3. The molecule has 0 atom stereocenters. The van der Waals surface area contributed by atoms with Crippen molar-refractivity contribution in [2.45, 2.75) is 18.2 Å². The van der Waals surface area contributed by atoms with E-state index in [-0.39, 0.29) is 22.9 Å². The Labute approximate surface area is 95.6 Å². The Balaban J connectivity index is 2.68. The minimum Gasteiger partial charge on any atom is -0.396 e. The highest BCUT2D eigenvalue weighted by Gasteiger charge is 2.16. The topological polar surface area (TPSA) is 82.3 Å². The lowest BCUT2D eigenvalue weighted by Gasteiger charge is -2.06. The lowest BCUT2D eigenvalue weighted by molar-refractivity contribution is 0.149. The smallest absolute Gasteiger partial charge is 0.182 e. The number of nitrogens with two attached hydrogens (primary N) is 1. The fourth-order valence-electron chi connectivity index (χ4n) is 1.20. The molecule has 0 fully saturated rings. The largest absolute Gasteiger partial charge is 0.396 e. The number of hydrogen-bond acceptors (Lipinski definition) is 5. The molecule has 1 aromatic heterocycles. The van der Waals surface area contributed by atoms with Crippen LogP contribution in [0.1, 0.15) is 13.3 Å². The molecular weight excluding hydrogens is 228 g/mol. The van der Waals surface area contributed by atoms with Gasteiger partial charge in [0.15, 0.2) is 9.84 Å². The third kappa shape index (κ3) is 3.46. The molecule has 6 heteroatoms. The van der Waals surface area contributed by atoms with Crippen molar-refractivity contribution in [3.05, 3.63) is 18.5 Å². The van der Waals surface area contributed by atoms with Gasteiger partial charge in [-0.1, -0.05) is 6.92 Å². The molecule has 0 amide bonds. The van der Waals surface area contributed by atoms with E-state index in [2.05, 4.69) is 4.98 Å². The van der Waals surface area contributed by atoms with Gasteiger partial charge in [0.05, 0.1) is 29.1 Å². The van der Waals surface area contributed by atoms with Crippen molar-refractivity contribution >= 4 is 15.5 Å². The number of ether oxygens (including phenoxy) is 1. The molecule has 5 nitrogen and oxygen atoms in total. The van der Waals surface area contributed by atoms with Gasteiger partial charge in [0.25, 0.3) is 0 Å². The van der Waals surface area contributed by atoms with Gasteiger partial charge in [-0.15, -0.1) is 0 Å². The third-order valence-corrected chi connectivity index (χ3v) is 3.74. The van der Waals surface area contributed by atoms with E-state index in [9.17, 15) is 8.42 Å². The van der Waals surface area contributed by atoms with Gasteiger partial charge in [-0.05, 0) is 12.5 Å². The van der Waals surface area contributed by atoms with Crippen molar-refractivity contribution in [2.75, 3.05) is 24.7 Å². The van der Waals surface area contributed by atoms with Crippen LogP contribution in [0, 0.1) is 0 Å². The van der Waals surface area contributed by atoms with Crippen LogP contribution >= 0.6 is 0 Å². The number of nitrogen functional groups attached to an aromatic ring is 1. The predicted octanol–water partition coefficient (Wildman–Crippen LogP) is 0.864. The highest BCUT2D eigenvalue weighted by atomic mass is 32.2. The minimum absolute atomic E-state index is 0.0544. The first kappa shape index (κ1) is 12.9. The first-order valence-electron chi connectivity index (χ1n) is 5.08. The molecule has 0 aromatic carbocycles. The van der Waals surface area contributed by atoms with Crippen LogP contribution in [0.3, 0.4) is 0 Å². The van der Waals surface area contributed by atoms with Crippen molar-refractivity contribution in [3.8, 4) is 0 Å². The van der Waals surface area contributed by atoms with Gasteiger partial charge in [0, 0.05) is 12.8 Å². The lowest BCUT2D eigenvalue weighted by atomic mass is 10.4. The zero-order valence-electron chi connectivity index (χ0n) is 9.22. The Hall–Kier alpha value is -1.14. The van der Waals surface area contributed by atoms with Crippen molar-refractivity contribution in [3.63, 3.8) is 0 Å².